The number of hydrogen-bond donors (Lipinski definition) is 0. The third-order valence-electron chi connectivity index (χ3n) is 4.59. The first-order valence-electron chi connectivity index (χ1n) is 8.93. The number of rotatable bonds is 4. The van der Waals surface area contributed by atoms with E-state index in [0.717, 1.165) is 16.0 Å². The first-order chi connectivity index (χ1) is 13.3. The molecule has 5 nitrogen and oxygen atoms in total. The number of benzene rings is 2. The van der Waals surface area contributed by atoms with Gasteiger partial charge in [0.1, 0.15) is 4.91 Å². The molecule has 148 valence electrons. The van der Waals surface area contributed by atoms with E-state index in [1.165, 1.54) is 29.4 Å². The van der Waals surface area contributed by atoms with Crippen molar-refractivity contribution in [3.8, 4) is 0 Å². The molecule has 3 rings (SSSR count). The molecule has 2 aromatic rings. The Labute approximate surface area is 170 Å². The summed E-state index contributed by atoms with van der Waals surface area (Å²) in [6.07, 6.45) is 1.41. The van der Waals surface area contributed by atoms with E-state index in [2.05, 4.69) is 0 Å². The fraction of sp³-hybridized carbons (Fsp3) is 0.286. The predicted octanol–water partition coefficient (Wildman–Crippen LogP) is 4.50. The second kappa shape index (κ2) is 8.01. The summed E-state index contributed by atoms with van der Waals surface area (Å²) in [7, 11) is -2.59. The normalized spacial score (nSPS) is 17.0. The number of sulfonamides is 1. The van der Waals surface area contributed by atoms with Crippen LogP contribution in [0.2, 0.25) is 0 Å². The van der Waals surface area contributed by atoms with Crippen molar-refractivity contribution in [1.29, 1.82) is 0 Å². The molecule has 1 aliphatic rings. The van der Waals surface area contributed by atoms with Crippen LogP contribution in [-0.4, -0.2) is 25.8 Å². The molecule has 1 aliphatic heterocycles. The van der Waals surface area contributed by atoms with E-state index < -0.39 is 22.0 Å². The molecular weight excluding hydrogens is 394 g/mol. The zero-order chi connectivity index (χ0) is 20.5. The average molecular weight is 418 g/mol. The number of ether oxygens (including phenoxy) is 1. The maximum Gasteiger partial charge on any atom is 0.346 e. The van der Waals surface area contributed by atoms with Crippen LogP contribution in [0, 0.1) is 12.8 Å². The van der Waals surface area contributed by atoms with Gasteiger partial charge in [0.05, 0.1) is 18.0 Å². The van der Waals surface area contributed by atoms with Crippen LogP contribution in [0.1, 0.15) is 31.0 Å². The van der Waals surface area contributed by atoms with E-state index in [0.29, 0.717) is 0 Å². The topological polar surface area (TPSA) is 63.7 Å². The van der Waals surface area contributed by atoms with Crippen molar-refractivity contribution in [2.75, 3.05) is 7.11 Å². The summed E-state index contributed by atoms with van der Waals surface area (Å²) in [4.78, 5) is 13.6. The van der Waals surface area contributed by atoms with Gasteiger partial charge in [-0.25, -0.2) is 13.2 Å². The second-order valence-corrected chi connectivity index (χ2v) is 9.89. The predicted molar refractivity (Wildman–Crippen MR) is 110 cm³/mol. The van der Waals surface area contributed by atoms with Gasteiger partial charge in [-0.1, -0.05) is 61.5 Å². The van der Waals surface area contributed by atoms with Gasteiger partial charge in [-0.15, -0.1) is 0 Å². The van der Waals surface area contributed by atoms with E-state index >= 15 is 0 Å². The van der Waals surface area contributed by atoms with Crippen LogP contribution in [0.15, 0.2) is 69.4 Å². The molecule has 0 N–H and O–H groups in total. The third kappa shape index (κ3) is 3.82. The summed E-state index contributed by atoms with van der Waals surface area (Å²) >= 11 is 1.23. The SMILES string of the molecule is COC(=O)C1=CN(S(=O)(=O)c2ccc(C)cc2)[C@H](C(C)C)c2ccccc2S1. The molecule has 28 heavy (non-hydrogen) atoms. The highest BCUT2D eigenvalue weighted by Crippen LogP contribution is 2.44. The number of thioether (sulfide) groups is 1. The highest BCUT2D eigenvalue weighted by atomic mass is 32.2. The molecule has 0 unspecified atom stereocenters. The zero-order valence-corrected chi connectivity index (χ0v) is 17.9. The van der Waals surface area contributed by atoms with Crippen LogP contribution in [0.25, 0.3) is 0 Å². The fourth-order valence-electron chi connectivity index (χ4n) is 3.19. The summed E-state index contributed by atoms with van der Waals surface area (Å²) in [5, 5.41) is 0. The number of carbonyl (C=O) groups excluding carboxylic acids is 1. The van der Waals surface area contributed by atoms with Crippen LogP contribution < -0.4 is 0 Å². The van der Waals surface area contributed by atoms with Gasteiger partial charge in [-0.05, 0) is 36.6 Å². The summed E-state index contributed by atoms with van der Waals surface area (Å²) in [5.41, 5.74) is 1.84. The first-order valence-corrected chi connectivity index (χ1v) is 11.2. The van der Waals surface area contributed by atoms with Gasteiger partial charge in [0.2, 0.25) is 0 Å². The van der Waals surface area contributed by atoms with E-state index in [4.69, 9.17) is 4.74 Å². The van der Waals surface area contributed by atoms with Gasteiger partial charge >= 0.3 is 5.97 Å². The van der Waals surface area contributed by atoms with Crippen molar-refractivity contribution in [1.82, 2.24) is 4.31 Å². The highest BCUT2D eigenvalue weighted by molar-refractivity contribution is 8.04. The summed E-state index contributed by atoms with van der Waals surface area (Å²) in [6, 6.07) is 13.8. The Morgan fingerprint density at radius 3 is 2.36 bits per heavy atom. The molecule has 0 radical (unpaired) electrons. The first kappa shape index (κ1) is 20.5. The molecule has 0 amide bonds. The number of esters is 1. The summed E-state index contributed by atoms with van der Waals surface area (Å²) in [6.45, 7) is 5.85. The largest absolute Gasteiger partial charge is 0.465 e. The van der Waals surface area contributed by atoms with Crippen LogP contribution in [0.5, 0.6) is 0 Å². The van der Waals surface area contributed by atoms with E-state index in [-0.39, 0.29) is 15.7 Å². The van der Waals surface area contributed by atoms with Crippen molar-refractivity contribution in [3.63, 3.8) is 0 Å². The standard InChI is InChI=1S/C21H23NO4S2/c1-14(2)20-17-7-5-6-8-18(17)27-19(21(23)26-4)13-22(20)28(24,25)16-11-9-15(3)10-12-16/h5-14,20H,1-4H3/t20-/m1/s1. The van der Waals surface area contributed by atoms with Crippen LogP contribution >= 0.6 is 11.8 Å². The van der Waals surface area contributed by atoms with Gasteiger partial charge in [0, 0.05) is 11.1 Å². The third-order valence-corrected chi connectivity index (χ3v) is 7.43. The molecule has 2 aromatic carbocycles. The van der Waals surface area contributed by atoms with Gasteiger partial charge in [0.15, 0.2) is 0 Å². The van der Waals surface area contributed by atoms with Crippen molar-refractivity contribution in [2.45, 2.75) is 36.6 Å². The lowest BCUT2D eigenvalue weighted by atomic mass is 9.96. The van der Waals surface area contributed by atoms with Crippen LogP contribution in [0.3, 0.4) is 0 Å². The number of hydrogen-bond acceptors (Lipinski definition) is 5. The Balaban J connectivity index is 2.24. The van der Waals surface area contributed by atoms with Gasteiger partial charge in [0.25, 0.3) is 10.0 Å². The van der Waals surface area contributed by atoms with E-state index in [1.807, 2.05) is 45.0 Å². The molecule has 1 heterocycles. The zero-order valence-electron chi connectivity index (χ0n) is 16.2. The molecule has 0 saturated heterocycles. The molecule has 0 fully saturated rings. The van der Waals surface area contributed by atoms with Gasteiger partial charge in [-0.3, -0.25) is 4.31 Å². The Bertz CT molecular complexity index is 1010. The molecule has 0 spiro atoms. The maximum atomic E-state index is 13.6. The van der Waals surface area contributed by atoms with E-state index in [1.54, 1.807) is 24.3 Å². The quantitative estimate of drug-likeness (QED) is 0.685. The average Bonchev–Trinajstić information content (AvgIpc) is 2.85. The minimum absolute atomic E-state index is 0.0183. The lowest BCUT2D eigenvalue weighted by Gasteiger charge is -2.32. The second-order valence-electron chi connectivity index (χ2n) is 6.96. The number of fused-ring (bicyclic) bond motifs is 1. The van der Waals surface area contributed by atoms with Crippen molar-refractivity contribution >= 4 is 27.8 Å². The Kier molecular flexibility index (Phi) is 5.86. The molecule has 0 aliphatic carbocycles. The van der Waals surface area contributed by atoms with Crippen LogP contribution in [-0.2, 0) is 19.6 Å². The monoisotopic (exact) mass is 417 g/mol. The Morgan fingerprint density at radius 1 is 1.11 bits per heavy atom. The fourth-order valence-corrected chi connectivity index (χ4v) is 5.91. The molecule has 1 atom stereocenters. The molecule has 7 heteroatoms. The van der Waals surface area contributed by atoms with Crippen LogP contribution in [0.4, 0.5) is 0 Å². The highest BCUT2D eigenvalue weighted by Gasteiger charge is 2.37. The van der Waals surface area contributed by atoms with Crippen molar-refractivity contribution in [2.24, 2.45) is 5.92 Å². The summed E-state index contributed by atoms with van der Waals surface area (Å²) < 4.78 is 33.3. The Hall–Kier alpha value is -2.25. The maximum absolute atomic E-state index is 13.6. The van der Waals surface area contributed by atoms with Gasteiger partial charge < -0.3 is 4.74 Å². The van der Waals surface area contributed by atoms with Crippen molar-refractivity contribution in [3.05, 3.63) is 70.8 Å². The lowest BCUT2D eigenvalue weighted by Crippen LogP contribution is -2.33. The number of nitrogens with zero attached hydrogens (tertiary/aromatic N) is 1. The molecule has 0 bridgehead atoms. The minimum Gasteiger partial charge on any atom is -0.465 e. The number of carbonyl (C=O) groups is 1. The number of aryl methyl sites for hydroxylation is 1. The Morgan fingerprint density at radius 2 is 1.75 bits per heavy atom. The molecule has 0 saturated carbocycles. The smallest absolute Gasteiger partial charge is 0.346 e. The van der Waals surface area contributed by atoms with Crippen molar-refractivity contribution < 1.29 is 17.9 Å². The number of methoxy groups -OCH3 is 1. The molecular formula is C21H23NO4S2. The lowest BCUT2D eigenvalue weighted by molar-refractivity contribution is -0.135. The summed E-state index contributed by atoms with van der Waals surface area (Å²) in [5.74, 6) is -0.580. The minimum atomic E-state index is -3.88. The van der Waals surface area contributed by atoms with E-state index in [9.17, 15) is 13.2 Å². The van der Waals surface area contributed by atoms with Gasteiger partial charge in [-0.2, -0.15) is 0 Å². The molecule has 0 aromatic heterocycles.